The zero-order valence-electron chi connectivity index (χ0n) is 14.1. The van der Waals surface area contributed by atoms with E-state index in [0.29, 0.717) is 31.6 Å². The van der Waals surface area contributed by atoms with Crippen molar-refractivity contribution in [1.29, 1.82) is 0 Å². The van der Waals surface area contributed by atoms with E-state index in [0.717, 1.165) is 5.56 Å². The molecule has 1 aliphatic rings. The van der Waals surface area contributed by atoms with E-state index in [4.69, 9.17) is 4.74 Å². The Kier molecular flexibility index (Phi) is 5.35. The van der Waals surface area contributed by atoms with Gasteiger partial charge in [0.05, 0.1) is 6.42 Å². The molecule has 0 saturated heterocycles. The summed E-state index contributed by atoms with van der Waals surface area (Å²) < 4.78 is 42.3. The first-order valence-electron chi connectivity index (χ1n) is 7.92. The molecule has 1 aromatic heterocycles. The molecule has 0 radical (unpaired) electrons. The molecule has 0 N–H and O–H groups in total. The monoisotopic (exact) mass is 345 g/mol. The number of nitrogens with zero attached hydrogens (tertiary/aromatic N) is 3. The minimum absolute atomic E-state index is 0.191. The van der Waals surface area contributed by atoms with Crippen molar-refractivity contribution in [3.8, 4) is 0 Å². The summed E-state index contributed by atoms with van der Waals surface area (Å²) >= 11 is 0. The van der Waals surface area contributed by atoms with E-state index < -0.39 is 18.2 Å². The van der Waals surface area contributed by atoms with Crippen molar-refractivity contribution in [1.82, 2.24) is 14.9 Å². The van der Waals surface area contributed by atoms with Gasteiger partial charge in [-0.3, -0.25) is 0 Å². The molecule has 0 bridgehead atoms. The summed E-state index contributed by atoms with van der Waals surface area (Å²) in [5, 5.41) is 0. The highest BCUT2D eigenvalue weighted by atomic mass is 19.4. The molecule has 0 atom stereocenters. The van der Waals surface area contributed by atoms with Gasteiger partial charge in [0.2, 0.25) is 0 Å². The third-order valence-corrected chi connectivity index (χ3v) is 3.56. The molecule has 1 amide bonds. The summed E-state index contributed by atoms with van der Waals surface area (Å²) in [4.78, 5) is 22.0. The molecule has 1 aliphatic heterocycles. The van der Waals surface area contributed by atoms with Crippen LogP contribution in [-0.2, 0) is 24.0 Å². The second-order valence-corrected chi connectivity index (χ2v) is 6.84. The maximum Gasteiger partial charge on any atom is 0.410 e. The number of aromatic nitrogens is 2. The lowest BCUT2D eigenvalue weighted by atomic mass is 10.1. The lowest BCUT2D eigenvalue weighted by molar-refractivity contribution is -0.134. The Labute approximate surface area is 139 Å². The molecule has 1 aromatic rings. The molecule has 134 valence electrons. The fourth-order valence-corrected chi connectivity index (χ4v) is 2.40. The zero-order valence-corrected chi connectivity index (χ0v) is 14.1. The lowest BCUT2D eigenvalue weighted by Gasteiger charge is -2.26. The number of alkyl halides is 3. The van der Waals surface area contributed by atoms with E-state index in [2.05, 4.69) is 9.97 Å². The van der Waals surface area contributed by atoms with Crippen molar-refractivity contribution in [2.45, 2.75) is 58.2 Å². The molecule has 5 nitrogen and oxygen atoms in total. The zero-order chi connectivity index (χ0) is 18.0. The summed E-state index contributed by atoms with van der Waals surface area (Å²) in [6.07, 6.45) is -3.15. The fraction of sp³-hybridized carbons (Fsp3) is 0.688. The molecule has 0 unspecified atom stereocenters. The number of fused-ring (bicyclic) bond motifs is 1. The summed E-state index contributed by atoms with van der Waals surface area (Å²) in [6, 6.07) is 0. The Hall–Kier alpha value is -1.86. The topological polar surface area (TPSA) is 55.3 Å². The Morgan fingerprint density at radius 1 is 1.25 bits per heavy atom. The van der Waals surface area contributed by atoms with Crippen LogP contribution in [0.4, 0.5) is 18.0 Å². The van der Waals surface area contributed by atoms with Gasteiger partial charge in [-0.05, 0) is 32.8 Å². The number of hydrogen-bond donors (Lipinski definition) is 0. The summed E-state index contributed by atoms with van der Waals surface area (Å²) in [6.45, 7) is 6.31. The van der Waals surface area contributed by atoms with Crippen molar-refractivity contribution in [2.75, 3.05) is 13.1 Å². The molecule has 0 spiro atoms. The second kappa shape index (κ2) is 6.94. The number of carbonyl (C=O) groups excluding carboxylic acids is 1. The van der Waals surface area contributed by atoms with Crippen LogP contribution in [-0.4, -0.2) is 45.8 Å². The van der Waals surface area contributed by atoms with Crippen molar-refractivity contribution in [2.24, 2.45) is 0 Å². The quantitative estimate of drug-likeness (QED) is 0.825. The molecule has 2 rings (SSSR count). The molecule has 0 aliphatic carbocycles. The van der Waals surface area contributed by atoms with E-state index in [1.165, 1.54) is 0 Å². The van der Waals surface area contributed by atoms with Gasteiger partial charge in [0.25, 0.3) is 0 Å². The van der Waals surface area contributed by atoms with Gasteiger partial charge in [-0.15, -0.1) is 0 Å². The molecule has 2 heterocycles. The van der Waals surface area contributed by atoms with Gasteiger partial charge in [-0.25, -0.2) is 14.8 Å². The first-order valence-corrected chi connectivity index (χ1v) is 7.92. The fourth-order valence-electron chi connectivity index (χ4n) is 2.40. The number of amides is 1. The van der Waals surface area contributed by atoms with Gasteiger partial charge >= 0.3 is 12.3 Å². The Bertz CT molecular complexity index is 597. The highest BCUT2D eigenvalue weighted by molar-refractivity contribution is 5.68. The first-order chi connectivity index (χ1) is 11.0. The maximum atomic E-state index is 12.3. The van der Waals surface area contributed by atoms with Gasteiger partial charge < -0.3 is 9.64 Å². The van der Waals surface area contributed by atoms with Crippen LogP contribution in [0.2, 0.25) is 0 Å². The SMILES string of the molecule is CC(C)(C)OC(=O)N1CCc2cnc(CCC(F)(F)F)nc2CC1. The Morgan fingerprint density at radius 3 is 2.54 bits per heavy atom. The number of rotatable bonds is 2. The summed E-state index contributed by atoms with van der Waals surface area (Å²) in [7, 11) is 0. The third-order valence-electron chi connectivity index (χ3n) is 3.56. The predicted octanol–water partition coefficient (Wildman–Crippen LogP) is 3.31. The number of carbonyl (C=O) groups is 1. The molecule has 24 heavy (non-hydrogen) atoms. The van der Waals surface area contributed by atoms with Gasteiger partial charge in [0, 0.05) is 37.8 Å². The number of ether oxygens (including phenoxy) is 1. The van der Waals surface area contributed by atoms with Crippen LogP contribution in [0.1, 0.15) is 44.3 Å². The highest BCUT2D eigenvalue weighted by Crippen LogP contribution is 2.22. The van der Waals surface area contributed by atoms with Crippen LogP contribution in [0, 0.1) is 0 Å². The van der Waals surface area contributed by atoms with Crippen molar-refractivity contribution in [3.63, 3.8) is 0 Å². The first kappa shape index (κ1) is 18.5. The van der Waals surface area contributed by atoms with Crippen LogP contribution in [0.25, 0.3) is 0 Å². The van der Waals surface area contributed by atoms with Gasteiger partial charge in [-0.2, -0.15) is 13.2 Å². The maximum absolute atomic E-state index is 12.3. The standard InChI is InChI=1S/C16H22F3N3O2/c1-15(2,3)24-14(23)22-8-5-11-10-20-13(4-7-16(17,18)19)21-12(11)6-9-22/h10H,4-9H2,1-3H3. The average Bonchev–Trinajstić information content (AvgIpc) is 2.64. The largest absolute Gasteiger partial charge is 0.444 e. The van der Waals surface area contributed by atoms with Gasteiger partial charge in [0.15, 0.2) is 0 Å². The van der Waals surface area contributed by atoms with Gasteiger partial charge in [0.1, 0.15) is 11.4 Å². The molecule has 8 heteroatoms. The van der Waals surface area contributed by atoms with E-state index in [1.807, 2.05) is 0 Å². The number of hydrogen-bond acceptors (Lipinski definition) is 4. The van der Waals surface area contributed by atoms with Crippen LogP contribution >= 0.6 is 0 Å². The molecule has 0 fully saturated rings. The van der Waals surface area contributed by atoms with E-state index in [-0.39, 0.29) is 18.3 Å². The van der Waals surface area contributed by atoms with E-state index in [1.54, 1.807) is 31.9 Å². The predicted molar refractivity (Wildman–Crippen MR) is 81.6 cm³/mol. The van der Waals surface area contributed by atoms with Crippen molar-refractivity contribution >= 4 is 6.09 Å². The second-order valence-electron chi connectivity index (χ2n) is 6.84. The van der Waals surface area contributed by atoms with Crippen LogP contribution < -0.4 is 0 Å². The lowest BCUT2D eigenvalue weighted by Crippen LogP contribution is -2.38. The van der Waals surface area contributed by atoms with Crippen molar-refractivity contribution < 1.29 is 22.7 Å². The molecular weight excluding hydrogens is 323 g/mol. The minimum Gasteiger partial charge on any atom is -0.444 e. The number of aryl methyl sites for hydroxylation is 1. The Morgan fingerprint density at radius 2 is 1.92 bits per heavy atom. The smallest absolute Gasteiger partial charge is 0.410 e. The third kappa shape index (κ3) is 5.65. The molecule has 0 saturated carbocycles. The van der Waals surface area contributed by atoms with Crippen molar-refractivity contribution in [3.05, 3.63) is 23.3 Å². The molecule has 0 aromatic carbocycles. The summed E-state index contributed by atoms with van der Waals surface area (Å²) in [5.41, 5.74) is 1.02. The van der Waals surface area contributed by atoms with E-state index in [9.17, 15) is 18.0 Å². The highest BCUT2D eigenvalue weighted by Gasteiger charge is 2.28. The molecular formula is C16H22F3N3O2. The normalized spacial score (nSPS) is 15.7. The van der Waals surface area contributed by atoms with Crippen LogP contribution in [0.15, 0.2) is 6.20 Å². The average molecular weight is 345 g/mol. The van der Waals surface area contributed by atoms with Gasteiger partial charge in [-0.1, -0.05) is 0 Å². The number of halogens is 3. The van der Waals surface area contributed by atoms with Crippen LogP contribution in [0.5, 0.6) is 0 Å². The van der Waals surface area contributed by atoms with E-state index >= 15 is 0 Å². The Balaban J connectivity index is 2.01. The van der Waals surface area contributed by atoms with Crippen LogP contribution in [0.3, 0.4) is 0 Å². The minimum atomic E-state index is -4.22. The summed E-state index contributed by atoms with van der Waals surface area (Å²) in [5.74, 6) is 0.191.